The Morgan fingerprint density at radius 1 is 1.48 bits per heavy atom. The average molecular weight is 318 g/mol. The number of hydrogen-bond acceptors (Lipinski definition) is 5. The van der Waals surface area contributed by atoms with E-state index in [0.717, 1.165) is 5.39 Å². The fourth-order valence-corrected chi connectivity index (χ4v) is 2.90. The SMILES string of the molecule is CNC(=O)c1c(N2CCC(O)C2)oc2ccc(OC(C)C)cc12. The highest BCUT2D eigenvalue weighted by molar-refractivity contribution is 6.10. The van der Waals surface area contributed by atoms with E-state index in [9.17, 15) is 9.90 Å². The van der Waals surface area contributed by atoms with Crippen molar-refractivity contribution in [1.29, 1.82) is 0 Å². The Labute approximate surface area is 135 Å². The lowest BCUT2D eigenvalue weighted by Crippen LogP contribution is -2.25. The Balaban J connectivity index is 2.10. The fourth-order valence-electron chi connectivity index (χ4n) is 2.90. The number of anilines is 1. The minimum absolute atomic E-state index is 0.0519. The molecule has 2 heterocycles. The molecular weight excluding hydrogens is 296 g/mol. The van der Waals surface area contributed by atoms with Crippen LogP contribution in [-0.4, -0.2) is 43.4 Å². The molecule has 6 heteroatoms. The third kappa shape index (κ3) is 2.99. The maximum atomic E-state index is 12.4. The Hall–Kier alpha value is -2.21. The zero-order chi connectivity index (χ0) is 16.6. The van der Waals surface area contributed by atoms with Crippen molar-refractivity contribution in [2.75, 3.05) is 25.0 Å². The second kappa shape index (κ2) is 6.12. The number of ether oxygens (including phenoxy) is 1. The van der Waals surface area contributed by atoms with Crippen LogP contribution in [0.25, 0.3) is 11.0 Å². The van der Waals surface area contributed by atoms with Gasteiger partial charge in [-0.2, -0.15) is 0 Å². The van der Waals surface area contributed by atoms with Gasteiger partial charge < -0.3 is 24.5 Å². The summed E-state index contributed by atoms with van der Waals surface area (Å²) < 4.78 is 11.6. The summed E-state index contributed by atoms with van der Waals surface area (Å²) in [4.78, 5) is 14.3. The molecule has 1 aromatic heterocycles. The van der Waals surface area contributed by atoms with Crippen LogP contribution < -0.4 is 15.0 Å². The highest BCUT2D eigenvalue weighted by atomic mass is 16.5. The molecule has 1 aromatic carbocycles. The van der Waals surface area contributed by atoms with Crippen molar-refractivity contribution in [2.24, 2.45) is 0 Å². The second-order valence-corrected chi connectivity index (χ2v) is 6.07. The first-order valence-corrected chi connectivity index (χ1v) is 7.88. The topological polar surface area (TPSA) is 74.9 Å². The molecule has 1 atom stereocenters. The number of aliphatic hydroxyl groups excluding tert-OH is 1. The van der Waals surface area contributed by atoms with Crippen molar-refractivity contribution in [3.63, 3.8) is 0 Å². The molecular formula is C17H22N2O4. The van der Waals surface area contributed by atoms with Gasteiger partial charge in [-0.1, -0.05) is 0 Å². The first-order valence-electron chi connectivity index (χ1n) is 7.88. The summed E-state index contributed by atoms with van der Waals surface area (Å²) in [5.41, 5.74) is 1.13. The van der Waals surface area contributed by atoms with Gasteiger partial charge >= 0.3 is 0 Å². The van der Waals surface area contributed by atoms with E-state index in [4.69, 9.17) is 9.15 Å². The number of rotatable bonds is 4. The number of benzene rings is 1. The van der Waals surface area contributed by atoms with Crippen LogP contribution in [0.4, 0.5) is 5.88 Å². The summed E-state index contributed by atoms with van der Waals surface area (Å²) in [5, 5.41) is 13.1. The van der Waals surface area contributed by atoms with Crippen molar-refractivity contribution in [1.82, 2.24) is 5.32 Å². The van der Waals surface area contributed by atoms with Gasteiger partial charge in [0.25, 0.3) is 5.91 Å². The van der Waals surface area contributed by atoms with Crippen LogP contribution in [0.15, 0.2) is 22.6 Å². The fraction of sp³-hybridized carbons (Fsp3) is 0.471. The number of furan rings is 1. The average Bonchev–Trinajstić information content (AvgIpc) is 3.09. The number of nitrogens with one attached hydrogen (secondary N) is 1. The van der Waals surface area contributed by atoms with Crippen LogP contribution in [0.2, 0.25) is 0 Å². The summed E-state index contributed by atoms with van der Waals surface area (Å²) in [6.45, 7) is 5.05. The molecule has 3 rings (SSSR count). The van der Waals surface area contributed by atoms with E-state index >= 15 is 0 Å². The Morgan fingerprint density at radius 2 is 2.26 bits per heavy atom. The minimum atomic E-state index is -0.388. The van der Waals surface area contributed by atoms with E-state index < -0.39 is 0 Å². The number of amides is 1. The predicted molar refractivity (Wildman–Crippen MR) is 88.2 cm³/mol. The van der Waals surface area contributed by atoms with Crippen LogP contribution in [0.1, 0.15) is 30.6 Å². The molecule has 124 valence electrons. The van der Waals surface area contributed by atoms with E-state index in [0.29, 0.717) is 42.3 Å². The number of nitrogens with zero attached hydrogens (tertiary/aromatic N) is 1. The van der Waals surface area contributed by atoms with Gasteiger partial charge in [0.2, 0.25) is 5.88 Å². The number of carbonyl (C=O) groups excluding carboxylic acids is 1. The maximum absolute atomic E-state index is 12.4. The highest BCUT2D eigenvalue weighted by Gasteiger charge is 2.29. The van der Waals surface area contributed by atoms with Gasteiger partial charge in [-0.25, -0.2) is 0 Å². The van der Waals surface area contributed by atoms with Gasteiger partial charge in [-0.15, -0.1) is 0 Å². The maximum Gasteiger partial charge on any atom is 0.257 e. The molecule has 2 N–H and O–H groups in total. The molecule has 1 aliphatic heterocycles. The molecule has 2 aromatic rings. The zero-order valence-corrected chi connectivity index (χ0v) is 13.6. The molecule has 6 nitrogen and oxygen atoms in total. The van der Waals surface area contributed by atoms with Crippen molar-refractivity contribution in [3.05, 3.63) is 23.8 Å². The summed E-state index contributed by atoms with van der Waals surface area (Å²) in [6.07, 6.45) is 0.336. The third-order valence-electron chi connectivity index (χ3n) is 3.92. The van der Waals surface area contributed by atoms with Gasteiger partial charge in [0.15, 0.2) is 0 Å². The van der Waals surface area contributed by atoms with Gasteiger partial charge in [-0.3, -0.25) is 4.79 Å². The minimum Gasteiger partial charge on any atom is -0.491 e. The molecule has 1 fully saturated rings. The first-order chi connectivity index (χ1) is 11.0. The van der Waals surface area contributed by atoms with E-state index in [1.165, 1.54) is 0 Å². The van der Waals surface area contributed by atoms with E-state index in [1.54, 1.807) is 7.05 Å². The zero-order valence-electron chi connectivity index (χ0n) is 13.6. The molecule has 0 bridgehead atoms. The van der Waals surface area contributed by atoms with Gasteiger partial charge in [0.1, 0.15) is 16.9 Å². The van der Waals surface area contributed by atoms with Crippen molar-refractivity contribution < 1.29 is 19.1 Å². The molecule has 0 saturated carbocycles. The van der Waals surface area contributed by atoms with E-state index in [1.807, 2.05) is 36.9 Å². The summed E-state index contributed by atoms with van der Waals surface area (Å²) in [6, 6.07) is 5.48. The third-order valence-corrected chi connectivity index (χ3v) is 3.92. The smallest absolute Gasteiger partial charge is 0.257 e. The van der Waals surface area contributed by atoms with E-state index in [2.05, 4.69) is 5.32 Å². The molecule has 1 amide bonds. The summed E-state index contributed by atoms with van der Waals surface area (Å²) in [7, 11) is 1.60. The number of β-amino-alcohol motifs (C(OH)–C–C–N with tert-alkyl or cyclic N) is 1. The van der Waals surface area contributed by atoms with Crippen LogP contribution in [-0.2, 0) is 0 Å². The Kier molecular flexibility index (Phi) is 4.17. The second-order valence-electron chi connectivity index (χ2n) is 6.07. The standard InChI is InChI=1S/C17H22N2O4/c1-10(2)22-12-4-5-14-13(8-12)15(16(21)18-3)17(23-14)19-7-6-11(20)9-19/h4-5,8,10-11,20H,6-7,9H2,1-3H3,(H,18,21). The number of hydrogen-bond donors (Lipinski definition) is 2. The Morgan fingerprint density at radius 3 is 2.87 bits per heavy atom. The quantitative estimate of drug-likeness (QED) is 0.903. The molecule has 23 heavy (non-hydrogen) atoms. The molecule has 0 spiro atoms. The molecule has 1 saturated heterocycles. The Bertz CT molecular complexity index is 723. The number of carbonyl (C=O) groups is 1. The normalized spacial score (nSPS) is 18.0. The van der Waals surface area contributed by atoms with Crippen molar-refractivity contribution in [3.8, 4) is 5.75 Å². The lowest BCUT2D eigenvalue weighted by atomic mass is 10.1. The van der Waals surface area contributed by atoms with Gasteiger partial charge in [0.05, 0.1) is 12.2 Å². The van der Waals surface area contributed by atoms with Gasteiger partial charge in [-0.05, 0) is 38.5 Å². The number of aliphatic hydroxyl groups is 1. The molecule has 1 unspecified atom stereocenters. The molecule has 1 aliphatic rings. The summed E-state index contributed by atoms with van der Waals surface area (Å²) in [5.74, 6) is 1.01. The summed E-state index contributed by atoms with van der Waals surface area (Å²) >= 11 is 0. The largest absolute Gasteiger partial charge is 0.491 e. The highest BCUT2D eigenvalue weighted by Crippen LogP contribution is 2.36. The number of fused-ring (bicyclic) bond motifs is 1. The lowest BCUT2D eigenvalue weighted by Gasteiger charge is -2.15. The first kappa shape index (κ1) is 15.7. The van der Waals surface area contributed by atoms with Crippen molar-refractivity contribution in [2.45, 2.75) is 32.5 Å². The predicted octanol–water partition coefficient (Wildman–Crippen LogP) is 2.15. The molecule has 0 radical (unpaired) electrons. The monoisotopic (exact) mass is 318 g/mol. The lowest BCUT2D eigenvalue weighted by molar-refractivity contribution is 0.0964. The molecule has 0 aliphatic carbocycles. The van der Waals surface area contributed by atoms with Crippen LogP contribution in [0.3, 0.4) is 0 Å². The van der Waals surface area contributed by atoms with Crippen LogP contribution in [0.5, 0.6) is 5.75 Å². The van der Waals surface area contributed by atoms with Crippen LogP contribution >= 0.6 is 0 Å². The van der Waals surface area contributed by atoms with Gasteiger partial charge in [0, 0.05) is 25.5 Å². The van der Waals surface area contributed by atoms with E-state index in [-0.39, 0.29) is 18.1 Å². The van der Waals surface area contributed by atoms with Crippen molar-refractivity contribution >= 4 is 22.8 Å². The van der Waals surface area contributed by atoms with Crippen LogP contribution in [0, 0.1) is 0 Å².